The molecule has 164 valence electrons. The van der Waals surface area contributed by atoms with Crippen molar-refractivity contribution in [3.8, 4) is 27.6 Å². The first-order valence-electron chi connectivity index (χ1n) is 10.7. The van der Waals surface area contributed by atoms with Crippen LogP contribution >= 0.6 is 50.5 Å². The summed E-state index contributed by atoms with van der Waals surface area (Å²) in [6.07, 6.45) is 5.77. The largest absolute Gasteiger partial charge is 0.231 e. The van der Waals surface area contributed by atoms with Crippen LogP contribution in [0.3, 0.4) is 0 Å². The Balaban J connectivity index is 1.70. The fraction of sp³-hybridized carbons (Fsp3) is 0.292. The molecular weight excluding hydrogens is 527 g/mol. The lowest BCUT2D eigenvalue weighted by Crippen LogP contribution is -2.01. The van der Waals surface area contributed by atoms with Gasteiger partial charge in [-0.2, -0.15) is 5.10 Å². The first-order valence-corrected chi connectivity index (χ1v) is 13.1. The van der Waals surface area contributed by atoms with Crippen LogP contribution in [0.15, 0.2) is 46.9 Å². The molecule has 4 nitrogen and oxygen atoms in total. The summed E-state index contributed by atoms with van der Waals surface area (Å²) >= 11 is 18.0. The van der Waals surface area contributed by atoms with Crippen molar-refractivity contribution in [2.75, 3.05) is 0 Å². The Hall–Kier alpha value is -1.73. The van der Waals surface area contributed by atoms with Crippen LogP contribution in [0, 0.1) is 0 Å². The van der Waals surface area contributed by atoms with Crippen LogP contribution in [0.5, 0.6) is 0 Å². The molecule has 1 aliphatic carbocycles. The lowest BCUT2D eigenvalue weighted by Gasteiger charge is -2.11. The summed E-state index contributed by atoms with van der Waals surface area (Å²) in [7, 11) is 0. The van der Waals surface area contributed by atoms with Crippen molar-refractivity contribution < 1.29 is 0 Å². The van der Waals surface area contributed by atoms with Gasteiger partial charge in [-0.3, -0.25) is 0 Å². The van der Waals surface area contributed by atoms with Crippen molar-refractivity contribution >= 4 is 50.5 Å². The molecule has 0 bridgehead atoms. The molecule has 0 saturated heterocycles. The number of benzene rings is 2. The average molecular weight is 548 g/mol. The van der Waals surface area contributed by atoms with Gasteiger partial charge >= 0.3 is 0 Å². The Kier molecular flexibility index (Phi) is 6.39. The van der Waals surface area contributed by atoms with E-state index in [0.717, 1.165) is 49.1 Å². The Morgan fingerprint density at radius 2 is 1.81 bits per heavy atom. The molecule has 0 N–H and O–H groups in total. The summed E-state index contributed by atoms with van der Waals surface area (Å²) in [4.78, 5) is 0. The Bertz CT molecular complexity index is 1260. The highest BCUT2D eigenvalue weighted by molar-refractivity contribution is 9.10. The average Bonchev–Trinajstić information content (AvgIpc) is 3.53. The molecule has 4 aromatic rings. The van der Waals surface area contributed by atoms with Crippen LogP contribution in [0.25, 0.3) is 27.6 Å². The molecule has 32 heavy (non-hydrogen) atoms. The quantitative estimate of drug-likeness (QED) is 0.252. The second-order valence-corrected chi connectivity index (χ2v) is 10.7. The van der Waals surface area contributed by atoms with Gasteiger partial charge in [-0.05, 0) is 49.6 Å². The van der Waals surface area contributed by atoms with Crippen LogP contribution in [0.4, 0.5) is 0 Å². The number of aromatic nitrogens is 4. The van der Waals surface area contributed by atoms with E-state index < -0.39 is 0 Å². The second kappa shape index (κ2) is 9.26. The topological polar surface area (TPSA) is 43.6 Å². The summed E-state index contributed by atoms with van der Waals surface area (Å²) < 4.78 is 2.95. The smallest absolute Gasteiger partial charge is 0.168 e. The van der Waals surface area contributed by atoms with Crippen molar-refractivity contribution in [1.29, 1.82) is 0 Å². The zero-order chi connectivity index (χ0) is 22.2. The maximum atomic E-state index is 6.61. The maximum absolute atomic E-state index is 6.61. The molecular formula is C24H21BrCl2N4S. The van der Waals surface area contributed by atoms with E-state index in [9.17, 15) is 0 Å². The molecule has 0 atom stereocenters. The van der Waals surface area contributed by atoms with E-state index in [0.29, 0.717) is 16.0 Å². The van der Waals surface area contributed by atoms with E-state index in [2.05, 4.69) is 45.2 Å². The third-order valence-electron chi connectivity index (χ3n) is 5.94. The predicted octanol–water partition coefficient (Wildman–Crippen LogP) is 8.35. The fourth-order valence-electron chi connectivity index (χ4n) is 4.36. The van der Waals surface area contributed by atoms with Crippen molar-refractivity contribution in [2.24, 2.45) is 0 Å². The SMILES string of the molecule is CCc1c(-c2nnc(C3CCCC3)s2)nn(-c2ccc(Cl)cc2Cl)c1-c1ccc(Br)cc1. The molecule has 1 fully saturated rings. The Labute approximate surface area is 209 Å². The number of rotatable bonds is 5. The van der Waals surface area contributed by atoms with Crippen LogP contribution in [-0.2, 0) is 6.42 Å². The molecule has 8 heteroatoms. The number of hydrogen-bond acceptors (Lipinski definition) is 4. The molecule has 0 spiro atoms. The standard InChI is InChI=1S/C24H21BrCl2N4S/c1-2-18-21(24-29-28-23(32-24)15-5-3-4-6-15)30-31(20-12-11-17(26)13-19(20)27)22(18)14-7-9-16(25)10-8-14/h7-13,15H,2-6H2,1H3. The Morgan fingerprint density at radius 3 is 2.50 bits per heavy atom. The van der Waals surface area contributed by atoms with Gasteiger partial charge in [-0.15, -0.1) is 10.2 Å². The van der Waals surface area contributed by atoms with Gasteiger partial charge in [-0.25, -0.2) is 4.68 Å². The number of nitrogens with zero attached hydrogens (tertiary/aromatic N) is 4. The summed E-state index contributed by atoms with van der Waals surface area (Å²) in [6, 6.07) is 13.8. The lowest BCUT2D eigenvalue weighted by atomic mass is 10.0. The highest BCUT2D eigenvalue weighted by Gasteiger charge is 2.26. The number of halogens is 3. The van der Waals surface area contributed by atoms with Gasteiger partial charge in [0.05, 0.1) is 16.4 Å². The van der Waals surface area contributed by atoms with E-state index in [-0.39, 0.29) is 0 Å². The van der Waals surface area contributed by atoms with Crippen LogP contribution in [0.1, 0.15) is 49.1 Å². The molecule has 2 aromatic heterocycles. The minimum Gasteiger partial charge on any atom is -0.231 e. The predicted molar refractivity (Wildman–Crippen MR) is 136 cm³/mol. The van der Waals surface area contributed by atoms with Gasteiger partial charge in [0.1, 0.15) is 10.7 Å². The van der Waals surface area contributed by atoms with E-state index in [1.807, 2.05) is 28.9 Å². The lowest BCUT2D eigenvalue weighted by molar-refractivity contribution is 0.705. The fourth-order valence-corrected chi connectivity index (χ4v) is 6.13. The van der Waals surface area contributed by atoms with Crippen LogP contribution in [0.2, 0.25) is 10.0 Å². The number of hydrogen-bond donors (Lipinski definition) is 0. The second-order valence-electron chi connectivity index (χ2n) is 7.97. The highest BCUT2D eigenvalue weighted by atomic mass is 79.9. The minimum absolute atomic E-state index is 0.532. The van der Waals surface area contributed by atoms with Crippen molar-refractivity contribution in [3.63, 3.8) is 0 Å². The van der Waals surface area contributed by atoms with Crippen molar-refractivity contribution in [1.82, 2.24) is 20.0 Å². The normalized spacial score (nSPS) is 14.4. The third-order valence-corrected chi connectivity index (χ3v) is 8.10. The van der Waals surface area contributed by atoms with E-state index in [1.54, 1.807) is 17.4 Å². The molecule has 0 unspecified atom stereocenters. The van der Waals surface area contributed by atoms with Crippen molar-refractivity contribution in [2.45, 2.75) is 44.9 Å². The first-order chi connectivity index (χ1) is 15.5. The summed E-state index contributed by atoms with van der Waals surface area (Å²) in [5, 5.41) is 17.3. The van der Waals surface area contributed by atoms with Gasteiger partial charge < -0.3 is 0 Å². The van der Waals surface area contributed by atoms with Crippen molar-refractivity contribution in [3.05, 3.63) is 67.6 Å². The van der Waals surface area contributed by atoms with Gasteiger partial charge in [0.2, 0.25) is 0 Å². The van der Waals surface area contributed by atoms with E-state index in [1.165, 1.54) is 25.7 Å². The molecule has 0 radical (unpaired) electrons. The van der Waals surface area contributed by atoms with Gasteiger partial charge in [0.25, 0.3) is 0 Å². The monoisotopic (exact) mass is 546 g/mol. The zero-order valence-electron chi connectivity index (χ0n) is 17.5. The minimum atomic E-state index is 0.532. The molecule has 1 saturated carbocycles. The van der Waals surface area contributed by atoms with Crippen LogP contribution < -0.4 is 0 Å². The summed E-state index contributed by atoms with van der Waals surface area (Å²) in [5.41, 5.74) is 4.87. The summed E-state index contributed by atoms with van der Waals surface area (Å²) in [6.45, 7) is 2.15. The molecule has 0 aliphatic heterocycles. The van der Waals surface area contributed by atoms with Gasteiger partial charge in [-0.1, -0.05) is 82.4 Å². The maximum Gasteiger partial charge on any atom is 0.168 e. The van der Waals surface area contributed by atoms with E-state index >= 15 is 0 Å². The third kappa shape index (κ3) is 4.14. The molecule has 0 amide bonds. The van der Waals surface area contributed by atoms with Crippen LogP contribution in [-0.4, -0.2) is 20.0 Å². The van der Waals surface area contributed by atoms with E-state index in [4.69, 9.17) is 28.3 Å². The highest BCUT2D eigenvalue weighted by Crippen LogP contribution is 2.41. The first kappa shape index (κ1) is 22.1. The molecule has 2 aromatic carbocycles. The molecule has 5 rings (SSSR count). The Morgan fingerprint density at radius 1 is 1.06 bits per heavy atom. The summed E-state index contributed by atoms with van der Waals surface area (Å²) in [5.74, 6) is 0.532. The van der Waals surface area contributed by atoms with Gasteiger partial charge in [0, 0.05) is 26.5 Å². The molecule has 2 heterocycles. The zero-order valence-corrected chi connectivity index (χ0v) is 21.4. The van der Waals surface area contributed by atoms with Gasteiger partial charge in [0.15, 0.2) is 5.01 Å². The molecule has 1 aliphatic rings.